The summed E-state index contributed by atoms with van der Waals surface area (Å²) in [4.78, 5) is 30.3. The Bertz CT molecular complexity index is 1140. The van der Waals surface area contributed by atoms with Gasteiger partial charge in [0.1, 0.15) is 11.1 Å². The molecule has 0 bridgehead atoms. The molecule has 2 N–H and O–H groups in total. The Morgan fingerprint density at radius 3 is 2.85 bits per heavy atom. The fourth-order valence-electron chi connectivity index (χ4n) is 2.46. The number of hydrogen-bond donors (Lipinski definition) is 2. The lowest BCUT2D eigenvalue weighted by atomic mass is 10.2. The number of hydrogen-bond acceptors (Lipinski definition) is 5. The second-order valence-corrected chi connectivity index (χ2v) is 5.41. The highest BCUT2D eigenvalue weighted by Gasteiger charge is 2.09. The van der Waals surface area contributed by atoms with Crippen molar-refractivity contribution in [3.63, 3.8) is 0 Å². The number of benzene rings is 1. The van der Waals surface area contributed by atoms with Gasteiger partial charge in [0, 0.05) is 11.8 Å². The molecule has 0 saturated carbocycles. The zero-order chi connectivity index (χ0) is 17.9. The summed E-state index contributed by atoms with van der Waals surface area (Å²) in [6, 6.07) is 10.6. The van der Waals surface area contributed by atoms with Crippen molar-refractivity contribution in [3.05, 3.63) is 77.4 Å². The standard InChI is InChI=1S/C18H13N5O3/c24-16(8-7-14-2-1-9-26-14)22-12-3-5-13(6-4-12)23-17-15(10-21-23)18(25)20-11-19-17/h1-11H,(H,22,24)(H,19,20,25)/b8-7-. The molecule has 0 spiro atoms. The maximum absolute atomic E-state index is 11.9. The molecule has 0 aliphatic heterocycles. The van der Waals surface area contributed by atoms with E-state index in [-0.39, 0.29) is 11.5 Å². The topological polar surface area (TPSA) is 106 Å². The summed E-state index contributed by atoms with van der Waals surface area (Å²) in [6.07, 6.45) is 7.32. The minimum atomic E-state index is -0.271. The molecule has 0 atom stereocenters. The van der Waals surface area contributed by atoms with Gasteiger partial charge in [-0.05, 0) is 42.5 Å². The fourth-order valence-corrected chi connectivity index (χ4v) is 2.46. The molecule has 3 aromatic heterocycles. The van der Waals surface area contributed by atoms with Gasteiger partial charge < -0.3 is 14.7 Å². The number of rotatable bonds is 4. The maximum Gasteiger partial charge on any atom is 0.261 e. The third kappa shape index (κ3) is 3.03. The van der Waals surface area contributed by atoms with Gasteiger partial charge in [-0.25, -0.2) is 9.67 Å². The van der Waals surface area contributed by atoms with Gasteiger partial charge >= 0.3 is 0 Å². The van der Waals surface area contributed by atoms with Crippen LogP contribution in [0.1, 0.15) is 5.76 Å². The van der Waals surface area contributed by atoms with E-state index in [1.807, 2.05) is 0 Å². The summed E-state index contributed by atoms with van der Waals surface area (Å²) in [6.45, 7) is 0. The van der Waals surface area contributed by atoms with Crippen LogP contribution in [0.4, 0.5) is 5.69 Å². The summed E-state index contributed by atoms with van der Waals surface area (Å²) < 4.78 is 6.69. The molecule has 0 fully saturated rings. The molecule has 0 unspecified atom stereocenters. The van der Waals surface area contributed by atoms with E-state index in [1.165, 1.54) is 24.9 Å². The van der Waals surface area contributed by atoms with Gasteiger partial charge in [0.2, 0.25) is 5.91 Å². The minimum absolute atomic E-state index is 0.242. The predicted molar refractivity (Wildman–Crippen MR) is 95.9 cm³/mol. The number of amides is 1. The van der Waals surface area contributed by atoms with Gasteiger partial charge in [0.05, 0.1) is 24.5 Å². The van der Waals surface area contributed by atoms with E-state index < -0.39 is 0 Å². The first-order valence-corrected chi connectivity index (χ1v) is 7.75. The van der Waals surface area contributed by atoms with Crippen LogP contribution >= 0.6 is 0 Å². The lowest BCUT2D eigenvalue weighted by Gasteiger charge is -2.05. The largest absolute Gasteiger partial charge is 0.465 e. The van der Waals surface area contributed by atoms with Crippen molar-refractivity contribution < 1.29 is 9.21 Å². The number of furan rings is 1. The van der Waals surface area contributed by atoms with E-state index in [9.17, 15) is 9.59 Å². The Morgan fingerprint density at radius 1 is 1.23 bits per heavy atom. The molecule has 0 aliphatic rings. The van der Waals surface area contributed by atoms with Crippen molar-refractivity contribution in [3.8, 4) is 5.69 Å². The Hall–Kier alpha value is -3.94. The van der Waals surface area contributed by atoms with Crippen molar-refractivity contribution >= 4 is 28.7 Å². The number of aromatic nitrogens is 4. The summed E-state index contributed by atoms with van der Waals surface area (Å²) in [5.74, 6) is 0.329. The monoisotopic (exact) mass is 347 g/mol. The molecule has 4 aromatic rings. The average molecular weight is 347 g/mol. The van der Waals surface area contributed by atoms with Crippen LogP contribution in [0.2, 0.25) is 0 Å². The molecule has 26 heavy (non-hydrogen) atoms. The Balaban J connectivity index is 1.52. The number of H-pyrrole nitrogens is 1. The first-order valence-electron chi connectivity index (χ1n) is 7.75. The number of aromatic amines is 1. The van der Waals surface area contributed by atoms with Crippen LogP contribution in [0.3, 0.4) is 0 Å². The predicted octanol–water partition coefficient (Wildman–Crippen LogP) is 2.35. The van der Waals surface area contributed by atoms with Gasteiger partial charge in [-0.3, -0.25) is 9.59 Å². The quantitative estimate of drug-likeness (QED) is 0.551. The molecule has 8 nitrogen and oxygen atoms in total. The number of carbonyl (C=O) groups is 1. The molecule has 0 radical (unpaired) electrons. The number of anilines is 1. The minimum Gasteiger partial charge on any atom is -0.465 e. The Morgan fingerprint density at radius 2 is 2.08 bits per heavy atom. The summed E-state index contributed by atoms with van der Waals surface area (Å²) in [5.41, 5.74) is 1.58. The molecule has 3 heterocycles. The zero-order valence-electron chi connectivity index (χ0n) is 13.4. The van der Waals surface area contributed by atoms with E-state index in [2.05, 4.69) is 20.4 Å². The second kappa shape index (κ2) is 6.52. The summed E-state index contributed by atoms with van der Waals surface area (Å²) in [7, 11) is 0. The normalized spacial score (nSPS) is 11.2. The van der Waals surface area contributed by atoms with Crippen LogP contribution < -0.4 is 10.9 Å². The highest BCUT2D eigenvalue weighted by molar-refractivity contribution is 6.01. The Labute approximate surface area is 146 Å². The maximum atomic E-state index is 11.9. The van der Waals surface area contributed by atoms with Crippen LogP contribution in [0, 0.1) is 0 Å². The molecular weight excluding hydrogens is 334 g/mol. The molecule has 1 amide bonds. The third-order valence-electron chi connectivity index (χ3n) is 3.69. The molecule has 0 aliphatic carbocycles. The van der Waals surface area contributed by atoms with Crippen molar-refractivity contribution in [1.82, 2.24) is 19.7 Å². The lowest BCUT2D eigenvalue weighted by Crippen LogP contribution is -2.08. The van der Waals surface area contributed by atoms with Gasteiger partial charge in [0.15, 0.2) is 5.65 Å². The highest BCUT2D eigenvalue weighted by Crippen LogP contribution is 2.16. The van der Waals surface area contributed by atoms with Gasteiger partial charge in [-0.2, -0.15) is 5.10 Å². The van der Waals surface area contributed by atoms with Crippen LogP contribution in [0.25, 0.3) is 22.8 Å². The van der Waals surface area contributed by atoms with E-state index >= 15 is 0 Å². The van der Waals surface area contributed by atoms with Gasteiger partial charge in [0.25, 0.3) is 5.56 Å². The third-order valence-corrected chi connectivity index (χ3v) is 3.69. The summed E-state index contributed by atoms with van der Waals surface area (Å²) >= 11 is 0. The van der Waals surface area contributed by atoms with E-state index in [1.54, 1.807) is 47.2 Å². The fraction of sp³-hybridized carbons (Fsp3) is 0. The van der Waals surface area contributed by atoms with Gasteiger partial charge in [-0.15, -0.1) is 0 Å². The molecule has 0 saturated heterocycles. The van der Waals surface area contributed by atoms with E-state index in [0.717, 1.165) is 5.69 Å². The van der Waals surface area contributed by atoms with Crippen molar-refractivity contribution in [1.29, 1.82) is 0 Å². The zero-order valence-corrected chi connectivity index (χ0v) is 13.4. The molecule has 4 rings (SSSR count). The number of nitrogens with one attached hydrogen (secondary N) is 2. The van der Waals surface area contributed by atoms with Crippen LogP contribution in [0.5, 0.6) is 0 Å². The van der Waals surface area contributed by atoms with Crippen LogP contribution in [0.15, 0.2) is 70.5 Å². The molecular formula is C18H13N5O3. The molecule has 1 aromatic carbocycles. The van der Waals surface area contributed by atoms with Gasteiger partial charge in [-0.1, -0.05) is 0 Å². The number of nitrogens with zero attached hydrogens (tertiary/aromatic N) is 3. The van der Waals surface area contributed by atoms with Crippen LogP contribution in [-0.2, 0) is 4.79 Å². The Kier molecular flexibility index (Phi) is 3.91. The summed E-state index contributed by atoms with van der Waals surface area (Å²) in [5, 5.41) is 7.37. The first-order chi connectivity index (χ1) is 12.7. The smallest absolute Gasteiger partial charge is 0.261 e. The SMILES string of the molecule is O=C(/C=C\c1ccco1)Nc1ccc(-n2ncc3c(=O)[nH]cnc32)cc1. The second-order valence-electron chi connectivity index (χ2n) is 5.41. The van der Waals surface area contributed by atoms with E-state index in [0.29, 0.717) is 22.5 Å². The molecule has 8 heteroatoms. The van der Waals surface area contributed by atoms with E-state index in [4.69, 9.17) is 4.42 Å². The molecule has 128 valence electrons. The number of fused-ring (bicyclic) bond motifs is 1. The van der Waals surface area contributed by atoms with Crippen LogP contribution in [-0.4, -0.2) is 25.7 Å². The highest BCUT2D eigenvalue weighted by atomic mass is 16.3. The number of carbonyl (C=O) groups excluding carboxylic acids is 1. The lowest BCUT2D eigenvalue weighted by molar-refractivity contribution is -0.111. The first kappa shape index (κ1) is 15.6. The van der Waals surface area contributed by atoms with Crippen molar-refractivity contribution in [2.45, 2.75) is 0 Å². The van der Waals surface area contributed by atoms with Crippen molar-refractivity contribution in [2.24, 2.45) is 0 Å². The van der Waals surface area contributed by atoms with Crippen molar-refractivity contribution in [2.75, 3.05) is 5.32 Å². The average Bonchev–Trinajstić information content (AvgIpc) is 3.31.